The summed E-state index contributed by atoms with van der Waals surface area (Å²) in [6.07, 6.45) is 5.20. The van der Waals surface area contributed by atoms with E-state index in [0.29, 0.717) is 11.4 Å². The Bertz CT molecular complexity index is 612. The lowest BCUT2D eigenvalue weighted by Gasteiger charge is -2.41. The molecule has 0 aliphatic heterocycles. The number of rotatable bonds is 5. The summed E-state index contributed by atoms with van der Waals surface area (Å²) >= 11 is 1.67. The number of thiophene rings is 1. The van der Waals surface area contributed by atoms with Crippen molar-refractivity contribution in [2.45, 2.75) is 39.5 Å². The molecule has 0 unspecified atom stereocenters. The number of hydrogen-bond donors (Lipinski definition) is 3. The van der Waals surface area contributed by atoms with Gasteiger partial charge in [-0.25, -0.2) is 10.8 Å². The SMILES string of the molecule is CCC1(CNc2nc(NN)nc3sc(C)cc23)CCC1. The normalized spacial score (nSPS) is 16.9. The standard InChI is InChI=1S/C14H21N5S/c1-3-14(5-4-6-14)8-16-11-10-7-9(2)20-12(10)18-13(17-11)19-15/h7H,3-6,8,15H2,1-2H3,(H2,16,17,18,19). The molecule has 5 nitrogen and oxygen atoms in total. The van der Waals surface area contributed by atoms with Gasteiger partial charge in [0.25, 0.3) is 0 Å². The molecule has 2 aromatic heterocycles. The third-order valence-corrected chi connectivity index (χ3v) is 5.38. The summed E-state index contributed by atoms with van der Waals surface area (Å²) in [7, 11) is 0. The molecule has 2 aromatic rings. The number of aryl methyl sites for hydroxylation is 1. The van der Waals surface area contributed by atoms with Gasteiger partial charge in [0, 0.05) is 11.4 Å². The van der Waals surface area contributed by atoms with Crippen LogP contribution in [0.25, 0.3) is 10.2 Å². The molecule has 1 aliphatic carbocycles. The van der Waals surface area contributed by atoms with Gasteiger partial charge in [-0.3, -0.25) is 5.43 Å². The number of nitrogens with two attached hydrogens (primary N) is 1. The van der Waals surface area contributed by atoms with Crippen molar-refractivity contribution in [1.29, 1.82) is 0 Å². The maximum atomic E-state index is 5.46. The Hall–Kier alpha value is -1.40. The Labute approximate surface area is 123 Å². The number of hydrogen-bond acceptors (Lipinski definition) is 6. The average molecular weight is 291 g/mol. The lowest BCUT2D eigenvalue weighted by molar-refractivity contribution is 0.145. The molecule has 1 aliphatic rings. The minimum atomic E-state index is 0.457. The zero-order chi connectivity index (χ0) is 14.2. The van der Waals surface area contributed by atoms with E-state index in [4.69, 9.17) is 5.84 Å². The lowest BCUT2D eigenvalue weighted by atomic mass is 9.67. The highest BCUT2D eigenvalue weighted by molar-refractivity contribution is 7.18. The van der Waals surface area contributed by atoms with E-state index in [1.54, 1.807) is 11.3 Å². The van der Waals surface area contributed by atoms with Crippen molar-refractivity contribution in [2.75, 3.05) is 17.3 Å². The fourth-order valence-corrected chi connectivity index (χ4v) is 3.72. The first-order valence-electron chi connectivity index (χ1n) is 7.14. The molecule has 3 rings (SSSR count). The number of anilines is 2. The first kappa shape index (κ1) is 13.6. The minimum absolute atomic E-state index is 0.457. The molecule has 4 N–H and O–H groups in total. The van der Waals surface area contributed by atoms with E-state index in [1.165, 1.54) is 30.6 Å². The number of aromatic nitrogens is 2. The number of nitrogens with zero attached hydrogens (tertiary/aromatic N) is 2. The van der Waals surface area contributed by atoms with Gasteiger partial charge in [0.2, 0.25) is 5.95 Å². The minimum Gasteiger partial charge on any atom is -0.369 e. The second-order valence-electron chi connectivity index (χ2n) is 5.68. The Morgan fingerprint density at radius 2 is 2.20 bits per heavy atom. The highest BCUT2D eigenvalue weighted by Gasteiger charge is 2.34. The van der Waals surface area contributed by atoms with E-state index in [0.717, 1.165) is 22.6 Å². The van der Waals surface area contributed by atoms with Crippen LogP contribution in [0.3, 0.4) is 0 Å². The van der Waals surface area contributed by atoms with E-state index in [1.807, 2.05) is 0 Å². The van der Waals surface area contributed by atoms with E-state index < -0.39 is 0 Å². The van der Waals surface area contributed by atoms with Gasteiger partial charge in [-0.05, 0) is 37.7 Å². The first-order valence-corrected chi connectivity index (χ1v) is 7.96. The molecule has 0 saturated heterocycles. The largest absolute Gasteiger partial charge is 0.369 e. The quantitative estimate of drug-likeness (QED) is 0.582. The molecule has 0 amide bonds. The highest BCUT2D eigenvalue weighted by atomic mass is 32.1. The average Bonchev–Trinajstić information content (AvgIpc) is 2.78. The summed E-state index contributed by atoms with van der Waals surface area (Å²) in [5.74, 6) is 6.83. The second kappa shape index (κ2) is 5.18. The topological polar surface area (TPSA) is 75.9 Å². The van der Waals surface area contributed by atoms with Crippen molar-refractivity contribution in [2.24, 2.45) is 11.3 Å². The van der Waals surface area contributed by atoms with Crippen LogP contribution in [0.15, 0.2) is 6.07 Å². The fourth-order valence-electron chi connectivity index (χ4n) is 2.84. The van der Waals surface area contributed by atoms with Gasteiger partial charge in [0.15, 0.2) is 0 Å². The van der Waals surface area contributed by atoms with Crippen LogP contribution >= 0.6 is 11.3 Å². The summed E-state index contributed by atoms with van der Waals surface area (Å²) in [5, 5.41) is 4.62. The molecular formula is C14H21N5S. The third-order valence-electron chi connectivity index (χ3n) is 4.44. The number of fused-ring (bicyclic) bond motifs is 1. The van der Waals surface area contributed by atoms with Gasteiger partial charge < -0.3 is 5.32 Å². The smallest absolute Gasteiger partial charge is 0.240 e. The van der Waals surface area contributed by atoms with E-state index in [9.17, 15) is 0 Å². The maximum Gasteiger partial charge on any atom is 0.240 e. The van der Waals surface area contributed by atoms with Crippen molar-refractivity contribution in [3.63, 3.8) is 0 Å². The van der Waals surface area contributed by atoms with Gasteiger partial charge in [-0.2, -0.15) is 4.98 Å². The fraction of sp³-hybridized carbons (Fsp3) is 0.571. The number of hydrazine groups is 1. The van der Waals surface area contributed by atoms with Gasteiger partial charge in [0.1, 0.15) is 10.6 Å². The molecule has 2 heterocycles. The molecule has 0 aromatic carbocycles. The molecule has 1 saturated carbocycles. The van der Waals surface area contributed by atoms with Crippen LogP contribution in [0.1, 0.15) is 37.5 Å². The van der Waals surface area contributed by atoms with E-state index in [2.05, 4.69) is 40.6 Å². The Morgan fingerprint density at radius 1 is 1.40 bits per heavy atom. The summed E-state index contributed by atoms with van der Waals surface area (Å²) in [5.41, 5.74) is 3.01. The third kappa shape index (κ3) is 2.33. The van der Waals surface area contributed by atoms with Crippen molar-refractivity contribution in [3.8, 4) is 0 Å². The van der Waals surface area contributed by atoms with Gasteiger partial charge >= 0.3 is 0 Å². The van der Waals surface area contributed by atoms with Crippen LogP contribution < -0.4 is 16.6 Å². The van der Waals surface area contributed by atoms with E-state index >= 15 is 0 Å². The summed E-state index contributed by atoms with van der Waals surface area (Å²) in [6, 6.07) is 2.14. The molecule has 0 spiro atoms. The van der Waals surface area contributed by atoms with Crippen LogP contribution in [0, 0.1) is 12.3 Å². The Balaban J connectivity index is 1.89. The van der Waals surface area contributed by atoms with Gasteiger partial charge in [-0.15, -0.1) is 11.3 Å². The van der Waals surface area contributed by atoms with Crippen molar-refractivity contribution in [3.05, 3.63) is 10.9 Å². The van der Waals surface area contributed by atoms with Crippen LogP contribution in [0.4, 0.5) is 11.8 Å². The highest BCUT2D eigenvalue weighted by Crippen LogP contribution is 2.44. The summed E-state index contributed by atoms with van der Waals surface area (Å²) in [4.78, 5) is 11.1. The van der Waals surface area contributed by atoms with Crippen LogP contribution in [0.5, 0.6) is 0 Å². The number of nitrogens with one attached hydrogen (secondary N) is 2. The van der Waals surface area contributed by atoms with Gasteiger partial charge in [-0.1, -0.05) is 13.3 Å². The van der Waals surface area contributed by atoms with Crippen LogP contribution in [0.2, 0.25) is 0 Å². The predicted octanol–water partition coefficient (Wildman–Crippen LogP) is 3.28. The number of nitrogen functional groups attached to an aromatic ring is 1. The van der Waals surface area contributed by atoms with Crippen molar-refractivity contribution in [1.82, 2.24) is 9.97 Å². The summed E-state index contributed by atoms with van der Waals surface area (Å²) in [6.45, 7) is 5.34. The Morgan fingerprint density at radius 3 is 2.80 bits per heavy atom. The molecule has 0 radical (unpaired) electrons. The lowest BCUT2D eigenvalue weighted by Crippen LogP contribution is -2.36. The van der Waals surface area contributed by atoms with Crippen molar-refractivity contribution >= 4 is 33.3 Å². The molecule has 1 fully saturated rings. The summed E-state index contributed by atoms with van der Waals surface area (Å²) < 4.78 is 0. The molecule has 108 valence electrons. The predicted molar refractivity (Wildman–Crippen MR) is 85.0 cm³/mol. The first-order chi connectivity index (χ1) is 9.65. The monoisotopic (exact) mass is 291 g/mol. The maximum absolute atomic E-state index is 5.46. The molecule has 0 atom stereocenters. The molecule has 0 bridgehead atoms. The zero-order valence-electron chi connectivity index (χ0n) is 12.0. The Kier molecular flexibility index (Phi) is 3.52. The molecule has 20 heavy (non-hydrogen) atoms. The molecule has 6 heteroatoms. The van der Waals surface area contributed by atoms with E-state index in [-0.39, 0.29) is 0 Å². The van der Waals surface area contributed by atoms with Crippen LogP contribution in [-0.4, -0.2) is 16.5 Å². The molecular weight excluding hydrogens is 270 g/mol. The van der Waals surface area contributed by atoms with Crippen LogP contribution in [-0.2, 0) is 0 Å². The second-order valence-corrected chi connectivity index (χ2v) is 6.91. The zero-order valence-corrected chi connectivity index (χ0v) is 12.8. The van der Waals surface area contributed by atoms with Crippen molar-refractivity contribution < 1.29 is 0 Å². The van der Waals surface area contributed by atoms with Gasteiger partial charge in [0.05, 0.1) is 5.39 Å².